The summed E-state index contributed by atoms with van der Waals surface area (Å²) in [6.45, 7) is 5.24. The van der Waals surface area contributed by atoms with Crippen molar-refractivity contribution in [3.05, 3.63) is 50.8 Å². The number of aryl methyl sites for hydroxylation is 2. The molecule has 2 aromatic heterocycles. The van der Waals surface area contributed by atoms with Gasteiger partial charge in [-0.15, -0.1) is 11.3 Å². The van der Waals surface area contributed by atoms with Crippen LogP contribution in [0.4, 0.5) is 0 Å². The molecule has 0 fully saturated rings. The second-order valence-corrected chi connectivity index (χ2v) is 7.60. The number of halogens is 1. The Morgan fingerprint density at radius 3 is 2.81 bits per heavy atom. The first kappa shape index (κ1) is 19.3. The Morgan fingerprint density at radius 1 is 1.26 bits per heavy atom. The molecule has 0 amide bonds. The number of guanidine groups is 1. The number of aliphatic imine (C=N–C) groups is 1. The van der Waals surface area contributed by atoms with Crippen molar-refractivity contribution in [2.45, 2.75) is 26.8 Å². The molecule has 0 aliphatic rings. The largest absolute Gasteiger partial charge is 0.356 e. The monoisotopic (exact) mass is 404 g/mol. The van der Waals surface area contributed by atoms with E-state index in [1.54, 1.807) is 30.5 Å². The van der Waals surface area contributed by atoms with Crippen LogP contribution in [0.5, 0.6) is 0 Å². The molecular formula is C18H21ClN6OS. The van der Waals surface area contributed by atoms with Crippen LogP contribution in [-0.4, -0.2) is 34.7 Å². The van der Waals surface area contributed by atoms with Crippen LogP contribution in [0.15, 0.2) is 33.8 Å². The molecule has 2 N–H and O–H groups in total. The summed E-state index contributed by atoms with van der Waals surface area (Å²) >= 11 is 7.73. The van der Waals surface area contributed by atoms with Gasteiger partial charge >= 0.3 is 0 Å². The van der Waals surface area contributed by atoms with Crippen LogP contribution in [-0.2, 0) is 13.0 Å². The Kier molecular flexibility index (Phi) is 6.41. The summed E-state index contributed by atoms with van der Waals surface area (Å²) in [6, 6.07) is 7.34. The van der Waals surface area contributed by atoms with Gasteiger partial charge in [-0.05, 0) is 26.0 Å². The van der Waals surface area contributed by atoms with Gasteiger partial charge in [-0.3, -0.25) is 4.99 Å². The minimum absolute atomic E-state index is 0.378. The van der Waals surface area contributed by atoms with E-state index in [2.05, 4.69) is 37.7 Å². The first-order valence-electron chi connectivity index (χ1n) is 8.51. The van der Waals surface area contributed by atoms with Crippen molar-refractivity contribution in [3.8, 4) is 11.4 Å². The van der Waals surface area contributed by atoms with Gasteiger partial charge in [0.2, 0.25) is 11.7 Å². The summed E-state index contributed by atoms with van der Waals surface area (Å²) in [4.78, 5) is 14.4. The normalized spacial score (nSPS) is 11.6. The number of thiazole rings is 1. The van der Waals surface area contributed by atoms with Gasteiger partial charge in [-0.2, -0.15) is 4.98 Å². The lowest BCUT2D eigenvalue weighted by molar-refractivity contribution is 0.375. The van der Waals surface area contributed by atoms with Crippen LogP contribution >= 0.6 is 22.9 Å². The van der Waals surface area contributed by atoms with Crippen molar-refractivity contribution in [1.82, 2.24) is 25.8 Å². The Bertz CT molecular complexity index is 916. The smallest absolute Gasteiger partial charge is 0.246 e. The topological polar surface area (TPSA) is 88.2 Å². The van der Waals surface area contributed by atoms with E-state index in [4.69, 9.17) is 16.1 Å². The van der Waals surface area contributed by atoms with E-state index in [1.807, 2.05) is 19.1 Å². The number of rotatable bonds is 6. The zero-order valence-electron chi connectivity index (χ0n) is 15.4. The van der Waals surface area contributed by atoms with Gasteiger partial charge in [-0.25, -0.2) is 4.98 Å². The number of nitrogens with zero attached hydrogens (tertiary/aromatic N) is 4. The number of nitrogens with one attached hydrogen (secondary N) is 2. The van der Waals surface area contributed by atoms with Gasteiger partial charge in [0.1, 0.15) is 0 Å². The molecule has 3 rings (SSSR count). The maximum atomic E-state index is 6.00. The van der Waals surface area contributed by atoms with Gasteiger partial charge in [-0.1, -0.05) is 28.9 Å². The SMILES string of the molecule is CN=C(NCCc1nc(C)c(C)s1)NCc1nc(-c2cccc(Cl)c2)no1. The molecule has 0 spiro atoms. The maximum absolute atomic E-state index is 6.00. The number of hydrogen-bond acceptors (Lipinski definition) is 6. The molecule has 9 heteroatoms. The van der Waals surface area contributed by atoms with Gasteiger partial charge < -0.3 is 15.2 Å². The van der Waals surface area contributed by atoms with Gasteiger partial charge in [0, 0.05) is 35.5 Å². The first-order valence-corrected chi connectivity index (χ1v) is 9.70. The summed E-state index contributed by atoms with van der Waals surface area (Å²) in [7, 11) is 1.72. The van der Waals surface area contributed by atoms with Gasteiger partial charge in [0.25, 0.3) is 0 Å². The molecule has 0 saturated heterocycles. The van der Waals surface area contributed by atoms with E-state index < -0.39 is 0 Å². The van der Waals surface area contributed by atoms with Crippen molar-refractivity contribution in [2.24, 2.45) is 4.99 Å². The zero-order chi connectivity index (χ0) is 19.2. The average Bonchev–Trinajstić information content (AvgIpc) is 3.25. The molecule has 0 bridgehead atoms. The van der Waals surface area contributed by atoms with Crippen LogP contribution < -0.4 is 10.6 Å². The molecule has 0 unspecified atom stereocenters. The molecule has 0 aliphatic heterocycles. The van der Waals surface area contributed by atoms with Crippen molar-refractivity contribution >= 4 is 28.9 Å². The molecule has 27 heavy (non-hydrogen) atoms. The summed E-state index contributed by atoms with van der Waals surface area (Å²) in [5.41, 5.74) is 1.92. The van der Waals surface area contributed by atoms with Crippen molar-refractivity contribution in [1.29, 1.82) is 0 Å². The summed E-state index contributed by atoms with van der Waals surface area (Å²) in [6.07, 6.45) is 0.847. The van der Waals surface area contributed by atoms with Gasteiger partial charge in [0.05, 0.1) is 17.2 Å². The molecule has 0 aliphatic carbocycles. The predicted octanol–water partition coefficient (Wildman–Crippen LogP) is 3.37. The van der Waals surface area contributed by atoms with E-state index in [0.717, 1.165) is 29.2 Å². The fraction of sp³-hybridized carbons (Fsp3) is 0.333. The summed E-state index contributed by atoms with van der Waals surface area (Å²) in [5, 5.41) is 12.2. The van der Waals surface area contributed by atoms with Crippen LogP contribution in [0.3, 0.4) is 0 Å². The second-order valence-electron chi connectivity index (χ2n) is 5.87. The lowest BCUT2D eigenvalue weighted by Crippen LogP contribution is -2.37. The molecule has 0 saturated carbocycles. The highest BCUT2D eigenvalue weighted by Gasteiger charge is 2.10. The maximum Gasteiger partial charge on any atom is 0.246 e. The Hall–Kier alpha value is -2.45. The fourth-order valence-electron chi connectivity index (χ4n) is 2.39. The summed E-state index contributed by atoms with van der Waals surface area (Å²) in [5.74, 6) is 1.65. The van der Waals surface area contributed by atoms with Crippen LogP contribution in [0.25, 0.3) is 11.4 Å². The quantitative estimate of drug-likeness (QED) is 0.483. The van der Waals surface area contributed by atoms with Crippen LogP contribution in [0.1, 0.15) is 21.5 Å². The predicted molar refractivity (Wildman–Crippen MR) is 108 cm³/mol. The number of aromatic nitrogens is 3. The zero-order valence-corrected chi connectivity index (χ0v) is 17.0. The molecular weight excluding hydrogens is 384 g/mol. The van der Waals surface area contributed by atoms with E-state index in [0.29, 0.717) is 29.2 Å². The lowest BCUT2D eigenvalue weighted by atomic mass is 10.2. The Morgan fingerprint density at radius 2 is 2.11 bits per heavy atom. The summed E-state index contributed by atoms with van der Waals surface area (Å²) < 4.78 is 5.29. The van der Waals surface area contributed by atoms with Gasteiger partial charge in [0.15, 0.2) is 5.96 Å². The third-order valence-electron chi connectivity index (χ3n) is 3.89. The minimum atomic E-state index is 0.378. The molecule has 1 aromatic carbocycles. The van der Waals surface area contributed by atoms with E-state index in [-0.39, 0.29) is 0 Å². The van der Waals surface area contributed by atoms with E-state index >= 15 is 0 Å². The third-order valence-corrected chi connectivity index (χ3v) is 5.25. The van der Waals surface area contributed by atoms with E-state index in [1.165, 1.54) is 4.88 Å². The number of hydrogen-bond donors (Lipinski definition) is 2. The fourth-order valence-corrected chi connectivity index (χ4v) is 3.51. The average molecular weight is 405 g/mol. The van der Waals surface area contributed by atoms with Crippen molar-refractivity contribution in [2.75, 3.05) is 13.6 Å². The number of benzene rings is 1. The van der Waals surface area contributed by atoms with Crippen molar-refractivity contribution < 1.29 is 4.52 Å². The molecule has 2 heterocycles. The molecule has 142 valence electrons. The third kappa shape index (κ3) is 5.27. The Labute approximate surface area is 166 Å². The molecule has 7 nitrogen and oxygen atoms in total. The molecule has 0 radical (unpaired) electrons. The molecule has 0 atom stereocenters. The lowest BCUT2D eigenvalue weighted by Gasteiger charge is -2.09. The highest BCUT2D eigenvalue weighted by molar-refractivity contribution is 7.11. The standard InChI is InChI=1S/C18H21ClN6OS/c1-11-12(2)27-16(23-11)7-8-21-18(20-3)22-10-15-24-17(25-26-15)13-5-4-6-14(19)9-13/h4-6,9H,7-8,10H2,1-3H3,(H2,20,21,22). The first-order chi connectivity index (χ1) is 13.0. The highest BCUT2D eigenvalue weighted by atomic mass is 35.5. The second kappa shape index (κ2) is 8.96. The highest BCUT2D eigenvalue weighted by Crippen LogP contribution is 2.20. The minimum Gasteiger partial charge on any atom is -0.356 e. The van der Waals surface area contributed by atoms with Crippen molar-refractivity contribution in [3.63, 3.8) is 0 Å². The van der Waals surface area contributed by atoms with Crippen LogP contribution in [0, 0.1) is 13.8 Å². The molecule has 3 aromatic rings. The Balaban J connectivity index is 1.49. The van der Waals surface area contributed by atoms with E-state index in [9.17, 15) is 0 Å². The van der Waals surface area contributed by atoms with Crippen LogP contribution in [0.2, 0.25) is 5.02 Å².